The van der Waals surface area contributed by atoms with Crippen LogP contribution in [-0.4, -0.2) is 28.7 Å². The van der Waals surface area contributed by atoms with Crippen LogP contribution in [0.25, 0.3) is 0 Å². The van der Waals surface area contributed by atoms with Gasteiger partial charge in [0.1, 0.15) is 11.5 Å². The van der Waals surface area contributed by atoms with Gasteiger partial charge in [-0.3, -0.25) is 4.79 Å². The van der Waals surface area contributed by atoms with E-state index in [1.165, 1.54) is 18.2 Å². The Morgan fingerprint density at radius 1 is 1.35 bits per heavy atom. The van der Waals surface area contributed by atoms with Gasteiger partial charge in [0, 0.05) is 24.2 Å². The molecule has 1 aromatic carbocycles. The van der Waals surface area contributed by atoms with E-state index in [4.69, 9.17) is 5.73 Å². The zero-order valence-corrected chi connectivity index (χ0v) is 9.81. The van der Waals surface area contributed by atoms with Crippen molar-refractivity contribution in [1.29, 1.82) is 0 Å². The lowest BCUT2D eigenvalue weighted by Gasteiger charge is -2.07. The highest BCUT2D eigenvalue weighted by Gasteiger charge is 2.07. The molecule has 0 aromatic heterocycles. The molecule has 0 fully saturated rings. The van der Waals surface area contributed by atoms with E-state index < -0.39 is 0 Å². The lowest BCUT2D eigenvalue weighted by Crippen LogP contribution is -2.26. The van der Waals surface area contributed by atoms with Gasteiger partial charge in [-0.1, -0.05) is 0 Å². The first-order valence-corrected chi connectivity index (χ1v) is 5.56. The topological polar surface area (TPSA) is 95.6 Å². The monoisotopic (exact) mass is 238 g/mol. The standard InChI is InChI=1S/C12H18N2O3/c1-8(13)3-2-4-14-12(17)9-5-10(15)7-11(16)6-9/h5-8,15-16H,2-4,13H2,1H3,(H,14,17). The van der Waals surface area contributed by atoms with Crippen LogP contribution >= 0.6 is 0 Å². The quantitative estimate of drug-likeness (QED) is 0.574. The van der Waals surface area contributed by atoms with Crippen molar-refractivity contribution >= 4 is 5.91 Å². The number of nitrogens with one attached hydrogen (secondary N) is 1. The van der Waals surface area contributed by atoms with Crippen molar-refractivity contribution in [1.82, 2.24) is 5.32 Å². The highest BCUT2D eigenvalue weighted by molar-refractivity contribution is 5.94. The van der Waals surface area contributed by atoms with Crippen LogP contribution in [0.4, 0.5) is 0 Å². The maximum Gasteiger partial charge on any atom is 0.251 e. The molecule has 1 rings (SSSR count). The SMILES string of the molecule is CC(N)CCCNC(=O)c1cc(O)cc(O)c1. The van der Waals surface area contributed by atoms with Crippen LogP contribution in [0.2, 0.25) is 0 Å². The summed E-state index contributed by atoms with van der Waals surface area (Å²) in [6.45, 7) is 2.44. The molecule has 0 saturated heterocycles. The molecule has 5 heteroatoms. The number of hydrogen-bond acceptors (Lipinski definition) is 4. The Bertz CT molecular complexity index is 371. The largest absolute Gasteiger partial charge is 0.508 e. The Kier molecular flexibility index (Phi) is 4.78. The third-order valence-electron chi connectivity index (χ3n) is 2.29. The van der Waals surface area contributed by atoms with E-state index in [0.717, 1.165) is 12.8 Å². The van der Waals surface area contributed by atoms with Gasteiger partial charge in [-0.15, -0.1) is 0 Å². The molecular formula is C12H18N2O3. The number of hydrogen-bond donors (Lipinski definition) is 4. The lowest BCUT2D eigenvalue weighted by atomic mass is 10.1. The van der Waals surface area contributed by atoms with Crippen LogP contribution in [0, 0.1) is 0 Å². The number of carbonyl (C=O) groups excluding carboxylic acids is 1. The predicted molar refractivity (Wildman–Crippen MR) is 65.0 cm³/mol. The predicted octanol–water partition coefficient (Wildman–Crippen LogP) is 0.955. The fraction of sp³-hybridized carbons (Fsp3) is 0.417. The minimum atomic E-state index is -0.319. The van der Waals surface area contributed by atoms with Crippen molar-refractivity contribution < 1.29 is 15.0 Å². The van der Waals surface area contributed by atoms with Crippen molar-refractivity contribution in [3.63, 3.8) is 0 Å². The maximum absolute atomic E-state index is 11.6. The van der Waals surface area contributed by atoms with E-state index in [1.54, 1.807) is 0 Å². The average molecular weight is 238 g/mol. The Morgan fingerprint density at radius 3 is 2.47 bits per heavy atom. The molecule has 5 N–H and O–H groups in total. The number of phenols is 2. The van der Waals surface area contributed by atoms with Crippen LogP contribution < -0.4 is 11.1 Å². The van der Waals surface area contributed by atoms with Crippen molar-refractivity contribution in [2.75, 3.05) is 6.54 Å². The van der Waals surface area contributed by atoms with E-state index >= 15 is 0 Å². The number of phenolic OH excluding ortho intramolecular Hbond substituents is 2. The minimum absolute atomic E-state index is 0.122. The third-order valence-corrected chi connectivity index (χ3v) is 2.29. The summed E-state index contributed by atoms with van der Waals surface area (Å²) < 4.78 is 0. The molecule has 0 spiro atoms. The molecule has 0 heterocycles. The number of aromatic hydroxyl groups is 2. The third kappa shape index (κ3) is 4.74. The first kappa shape index (κ1) is 13.3. The van der Waals surface area contributed by atoms with Gasteiger partial charge in [-0.25, -0.2) is 0 Å². The Labute approximate surface area is 100 Å². The van der Waals surface area contributed by atoms with Crippen molar-refractivity contribution in [3.05, 3.63) is 23.8 Å². The first-order chi connectivity index (χ1) is 7.99. The number of benzene rings is 1. The smallest absolute Gasteiger partial charge is 0.251 e. The molecule has 0 bridgehead atoms. The van der Waals surface area contributed by atoms with Crippen LogP contribution in [0.3, 0.4) is 0 Å². The second kappa shape index (κ2) is 6.10. The Hall–Kier alpha value is -1.75. The average Bonchev–Trinajstić information content (AvgIpc) is 2.22. The minimum Gasteiger partial charge on any atom is -0.508 e. The van der Waals surface area contributed by atoms with Crippen molar-refractivity contribution in [3.8, 4) is 11.5 Å². The van der Waals surface area contributed by atoms with Gasteiger partial charge in [-0.05, 0) is 31.9 Å². The van der Waals surface area contributed by atoms with Crippen LogP contribution in [0.1, 0.15) is 30.1 Å². The van der Waals surface area contributed by atoms with Gasteiger partial charge < -0.3 is 21.3 Å². The van der Waals surface area contributed by atoms with Gasteiger partial charge in [0.15, 0.2) is 0 Å². The summed E-state index contributed by atoms with van der Waals surface area (Å²) in [4.78, 5) is 11.6. The first-order valence-electron chi connectivity index (χ1n) is 5.56. The molecule has 1 atom stereocenters. The number of amides is 1. The highest BCUT2D eigenvalue weighted by atomic mass is 16.3. The van der Waals surface area contributed by atoms with E-state index in [1.807, 2.05) is 6.92 Å². The van der Waals surface area contributed by atoms with E-state index in [-0.39, 0.29) is 29.0 Å². The van der Waals surface area contributed by atoms with Gasteiger partial charge in [-0.2, -0.15) is 0 Å². The molecule has 1 aromatic rings. The molecule has 0 aliphatic carbocycles. The zero-order valence-electron chi connectivity index (χ0n) is 9.81. The normalized spacial score (nSPS) is 12.1. The van der Waals surface area contributed by atoms with E-state index in [2.05, 4.69) is 5.32 Å². The van der Waals surface area contributed by atoms with Crippen molar-refractivity contribution in [2.24, 2.45) is 5.73 Å². The summed E-state index contributed by atoms with van der Waals surface area (Å²) in [5.74, 6) is -0.586. The fourth-order valence-corrected chi connectivity index (χ4v) is 1.45. The lowest BCUT2D eigenvalue weighted by molar-refractivity contribution is 0.0952. The molecule has 0 saturated carbocycles. The Morgan fingerprint density at radius 2 is 1.94 bits per heavy atom. The molecule has 5 nitrogen and oxygen atoms in total. The summed E-state index contributed by atoms with van der Waals surface area (Å²) in [5.41, 5.74) is 5.82. The number of rotatable bonds is 5. The second-order valence-electron chi connectivity index (χ2n) is 4.11. The maximum atomic E-state index is 11.6. The van der Waals surface area contributed by atoms with Gasteiger partial charge >= 0.3 is 0 Å². The molecule has 0 aliphatic rings. The summed E-state index contributed by atoms with van der Waals surface area (Å²) >= 11 is 0. The highest BCUT2D eigenvalue weighted by Crippen LogP contribution is 2.20. The van der Waals surface area contributed by atoms with Gasteiger partial charge in [0.2, 0.25) is 0 Å². The number of carbonyl (C=O) groups is 1. The van der Waals surface area contributed by atoms with Gasteiger partial charge in [0.05, 0.1) is 0 Å². The van der Waals surface area contributed by atoms with Crippen LogP contribution in [0.15, 0.2) is 18.2 Å². The Balaban J connectivity index is 2.47. The second-order valence-corrected chi connectivity index (χ2v) is 4.11. The molecule has 17 heavy (non-hydrogen) atoms. The van der Waals surface area contributed by atoms with Crippen molar-refractivity contribution in [2.45, 2.75) is 25.8 Å². The van der Waals surface area contributed by atoms with E-state index in [9.17, 15) is 15.0 Å². The molecule has 1 amide bonds. The fourth-order valence-electron chi connectivity index (χ4n) is 1.45. The molecular weight excluding hydrogens is 220 g/mol. The summed E-state index contributed by atoms with van der Waals surface area (Å²) in [6.07, 6.45) is 1.64. The van der Waals surface area contributed by atoms with Crippen LogP contribution in [0.5, 0.6) is 11.5 Å². The van der Waals surface area contributed by atoms with Crippen LogP contribution in [-0.2, 0) is 0 Å². The molecule has 0 radical (unpaired) electrons. The summed E-state index contributed by atoms with van der Waals surface area (Å²) in [6, 6.07) is 3.91. The van der Waals surface area contributed by atoms with E-state index in [0.29, 0.717) is 6.54 Å². The summed E-state index contributed by atoms with van der Waals surface area (Å²) in [5, 5.41) is 21.2. The molecule has 1 unspecified atom stereocenters. The molecule has 0 aliphatic heterocycles. The van der Waals surface area contributed by atoms with Gasteiger partial charge in [0.25, 0.3) is 5.91 Å². The number of nitrogens with two attached hydrogens (primary N) is 1. The zero-order chi connectivity index (χ0) is 12.8. The molecule has 94 valence electrons. The summed E-state index contributed by atoms with van der Waals surface area (Å²) in [7, 11) is 0.